The van der Waals surface area contributed by atoms with Gasteiger partial charge in [-0.15, -0.1) is 0 Å². The van der Waals surface area contributed by atoms with E-state index >= 15 is 0 Å². The molecule has 0 aliphatic carbocycles. The van der Waals surface area contributed by atoms with Crippen LogP contribution in [0.2, 0.25) is 0 Å². The molecule has 21 heavy (non-hydrogen) atoms. The van der Waals surface area contributed by atoms with Gasteiger partial charge in [0.15, 0.2) is 0 Å². The number of rotatable bonds is 5. The number of hydrogen-bond donors (Lipinski definition) is 1. The third-order valence-corrected chi connectivity index (χ3v) is 5.14. The molecule has 0 unspecified atom stereocenters. The highest BCUT2D eigenvalue weighted by molar-refractivity contribution is 5.99. The zero-order valence-corrected chi connectivity index (χ0v) is 13.6. The van der Waals surface area contributed by atoms with Crippen LogP contribution in [0, 0.1) is 5.41 Å². The van der Waals surface area contributed by atoms with E-state index in [1.807, 2.05) is 29.2 Å². The topological polar surface area (TPSA) is 32.3 Å². The summed E-state index contributed by atoms with van der Waals surface area (Å²) in [6, 6.07) is 7.84. The lowest BCUT2D eigenvalue weighted by atomic mass is 9.74. The molecule has 0 atom stereocenters. The van der Waals surface area contributed by atoms with Gasteiger partial charge in [0.1, 0.15) is 0 Å². The molecule has 1 amide bonds. The van der Waals surface area contributed by atoms with Crippen molar-refractivity contribution in [3.8, 4) is 0 Å². The van der Waals surface area contributed by atoms with E-state index in [4.69, 9.17) is 0 Å². The number of nitrogens with zero attached hydrogens (tertiary/aromatic N) is 1. The number of likely N-dealkylation sites (tertiary alicyclic amines) is 1. The molecule has 1 aromatic rings. The fraction of sp³-hybridized carbons (Fsp3) is 0.611. The zero-order valence-electron chi connectivity index (χ0n) is 13.6. The minimum Gasteiger partial charge on any atom is -0.385 e. The molecule has 0 radical (unpaired) electrons. The third-order valence-electron chi connectivity index (χ3n) is 5.14. The van der Waals surface area contributed by atoms with E-state index in [9.17, 15) is 4.79 Å². The molecule has 116 valence electrons. The number of carbonyl (C=O) groups is 1. The fourth-order valence-corrected chi connectivity index (χ4v) is 3.33. The number of benzene rings is 1. The highest BCUT2D eigenvalue weighted by Crippen LogP contribution is 2.38. The molecular formula is C18H28N2O. The summed E-state index contributed by atoms with van der Waals surface area (Å²) in [5.41, 5.74) is 2.21. The molecule has 0 spiro atoms. The van der Waals surface area contributed by atoms with Gasteiger partial charge in [0.2, 0.25) is 0 Å². The SMILES string of the molecule is CCNc1ccccc1C(=O)N1CCC(CC)(CC)CC1. The monoisotopic (exact) mass is 288 g/mol. The molecule has 1 N–H and O–H groups in total. The normalized spacial score (nSPS) is 17.6. The van der Waals surface area contributed by atoms with Crippen LogP contribution in [0.1, 0.15) is 56.8 Å². The first-order valence-corrected chi connectivity index (χ1v) is 8.28. The smallest absolute Gasteiger partial charge is 0.255 e. The quantitative estimate of drug-likeness (QED) is 0.882. The summed E-state index contributed by atoms with van der Waals surface area (Å²) in [5, 5.41) is 3.29. The van der Waals surface area contributed by atoms with Crippen molar-refractivity contribution < 1.29 is 4.79 Å². The Balaban J connectivity index is 2.09. The highest BCUT2D eigenvalue weighted by Gasteiger charge is 2.33. The van der Waals surface area contributed by atoms with Crippen LogP contribution in [0.3, 0.4) is 0 Å². The van der Waals surface area contributed by atoms with Crippen molar-refractivity contribution in [2.45, 2.75) is 46.5 Å². The van der Waals surface area contributed by atoms with Crippen molar-refractivity contribution in [2.75, 3.05) is 25.0 Å². The van der Waals surface area contributed by atoms with Crippen LogP contribution in [0.5, 0.6) is 0 Å². The lowest BCUT2D eigenvalue weighted by Gasteiger charge is -2.41. The van der Waals surface area contributed by atoms with E-state index in [1.165, 1.54) is 12.8 Å². The number of carbonyl (C=O) groups excluding carboxylic acids is 1. The fourth-order valence-electron chi connectivity index (χ4n) is 3.33. The Morgan fingerprint density at radius 2 is 1.76 bits per heavy atom. The Kier molecular flexibility index (Phi) is 5.27. The molecule has 0 saturated carbocycles. The average Bonchev–Trinajstić information content (AvgIpc) is 2.55. The van der Waals surface area contributed by atoms with Gasteiger partial charge in [0.05, 0.1) is 5.56 Å². The van der Waals surface area contributed by atoms with Crippen molar-refractivity contribution in [1.29, 1.82) is 0 Å². The highest BCUT2D eigenvalue weighted by atomic mass is 16.2. The minimum absolute atomic E-state index is 0.173. The van der Waals surface area contributed by atoms with Crippen molar-refractivity contribution in [3.63, 3.8) is 0 Å². The largest absolute Gasteiger partial charge is 0.385 e. The van der Waals surface area contributed by atoms with Gasteiger partial charge in [-0.2, -0.15) is 0 Å². The van der Waals surface area contributed by atoms with Crippen LogP contribution < -0.4 is 5.32 Å². The predicted octanol–water partition coefficient (Wildman–Crippen LogP) is 4.16. The standard InChI is InChI=1S/C18H28N2O/c1-4-18(5-2)11-13-20(14-12-18)17(21)15-9-7-8-10-16(15)19-6-3/h7-10,19H,4-6,11-14H2,1-3H3. The third kappa shape index (κ3) is 3.39. The van der Waals surface area contributed by atoms with Crippen LogP contribution in [0.15, 0.2) is 24.3 Å². The number of nitrogens with one attached hydrogen (secondary N) is 1. The first-order valence-electron chi connectivity index (χ1n) is 8.28. The summed E-state index contributed by atoms with van der Waals surface area (Å²) in [6.07, 6.45) is 4.71. The van der Waals surface area contributed by atoms with E-state index < -0.39 is 0 Å². The van der Waals surface area contributed by atoms with E-state index in [0.29, 0.717) is 5.41 Å². The Bertz CT molecular complexity index is 470. The zero-order chi connectivity index (χ0) is 15.3. The van der Waals surface area contributed by atoms with E-state index in [2.05, 4.69) is 26.1 Å². The van der Waals surface area contributed by atoms with Crippen LogP contribution in [-0.2, 0) is 0 Å². The maximum atomic E-state index is 12.8. The van der Waals surface area contributed by atoms with Crippen LogP contribution >= 0.6 is 0 Å². The molecule has 1 aliphatic rings. The van der Waals surface area contributed by atoms with Gasteiger partial charge in [0, 0.05) is 25.3 Å². The van der Waals surface area contributed by atoms with Crippen LogP contribution in [-0.4, -0.2) is 30.4 Å². The maximum Gasteiger partial charge on any atom is 0.255 e. The number of piperidine rings is 1. The van der Waals surface area contributed by atoms with Gasteiger partial charge in [-0.05, 0) is 37.3 Å². The van der Waals surface area contributed by atoms with Gasteiger partial charge >= 0.3 is 0 Å². The van der Waals surface area contributed by atoms with Gasteiger partial charge in [-0.3, -0.25) is 4.79 Å². The number of hydrogen-bond acceptors (Lipinski definition) is 2. The van der Waals surface area contributed by atoms with Crippen molar-refractivity contribution in [3.05, 3.63) is 29.8 Å². The molecule has 1 heterocycles. The average molecular weight is 288 g/mol. The molecule has 3 nitrogen and oxygen atoms in total. The Labute approximate surface area is 128 Å². The van der Waals surface area contributed by atoms with Crippen molar-refractivity contribution in [1.82, 2.24) is 4.90 Å². The van der Waals surface area contributed by atoms with Crippen LogP contribution in [0.25, 0.3) is 0 Å². The summed E-state index contributed by atoms with van der Waals surface area (Å²) >= 11 is 0. The Morgan fingerprint density at radius 3 is 2.33 bits per heavy atom. The first kappa shape index (κ1) is 15.9. The summed E-state index contributed by atoms with van der Waals surface area (Å²) in [5.74, 6) is 0.173. The lowest BCUT2D eigenvalue weighted by molar-refractivity contribution is 0.0558. The summed E-state index contributed by atoms with van der Waals surface area (Å²) in [7, 11) is 0. The summed E-state index contributed by atoms with van der Waals surface area (Å²) in [6.45, 7) is 9.23. The van der Waals surface area contributed by atoms with Crippen molar-refractivity contribution >= 4 is 11.6 Å². The van der Waals surface area contributed by atoms with E-state index in [1.54, 1.807) is 0 Å². The molecule has 0 bridgehead atoms. The maximum absolute atomic E-state index is 12.8. The van der Waals surface area contributed by atoms with E-state index in [-0.39, 0.29) is 5.91 Å². The van der Waals surface area contributed by atoms with E-state index in [0.717, 1.165) is 43.7 Å². The minimum atomic E-state index is 0.173. The summed E-state index contributed by atoms with van der Waals surface area (Å²) < 4.78 is 0. The molecule has 2 rings (SSSR count). The Hall–Kier alpha value is -1.51. The molecule has 1 saturated heterocycles. The predicted molar refractivity (Wildman–Crippen MR) is 88.8 cm³/mol. The molecule has 1 fully saturated rings. The molecular weight excluding hydrogens is 260 g/mol. The van der Waals surface area contributed by atoms with Gasteiger partial charge in [-0.25, -0.2) is 0 Å². The second-order valence-electron chi connectivity index (χ2n) is 6.08. The molecule has 1 aliphatic heterocycles. The summed E-state index contributed by atoms with van der Waals surface area (Å²) in [4.78, 5) is 14.8. The molecule has 3 heteroatoms. The number of anilines is 1. The number of amides is 1. The lowest BCUT2D eigenvalue weighted by Crippen LogP contribution is -2.43. The van der Waals surface area contributed by atoms with Crippen molar-refractivity contribution in [2.24, 2.45) is 5.41 Å². The van der Waals surface area contributed by atoms with Gasteiger partial charge in [0.25, 0.3) is 5.91 Å². The molecule has 1 aromatic carbocycles. The second kappa shape index (κ2) is 6.97. The van der Waals surface area contributed by atoms with Gasteiger partial charge < -0.3 is 10.2 Å². The Morgan fingerprint density at radius 1 is 1.14 bits per heavy atom. The van der Waals surface area contributed by atoms with Gasteiger partial charge in [-0.1, -0.05) is 38.8 Å². The van der Waals surface area contributed by atoms with Crippen LogP contribution in [0.4, 0.5) is 5.69 Å². The molecule has 0 aromatic heterocycles. The second-order valence-corrected chi connectivity index (χ2v) is 6.08. The number of para-hydroxylation sites is 1. The first-order chi connectivity index (χ1) is 10.2.